The molecule has 3 aliphatic heterocycles. The Morgan fingerprint density at radius 1 is 1.10 bits per heavy atom. The van der Waals surface area contributed by atoms with Crippen LogP contribution in [0.1, 0.15) is 12.0 Å². The molecule has 164 valence electrons. The molecule has 2 N–H and O–H groups in total. The number of amides is 2. The minimum absolute atomic E-state index is 0.102. The van der Waals surface area contributed by atoms with Crippen molar-refractivity contribution in [2.75, 3.05) is 46.8 Å². The molecule has 0 bridgehead atoms. The Morgan fingerprint density at radius 3 is 2.39 bits per heavy atom. The lowest BCUT2D eigenvalue weighted by Crippen LogP contribution is -2.50. The van der Waals surface area contributed by atoms with E-state index in [2.05, 4.69) is 45.9 Å². The summed E-state index contributed by atoms with van der Waals surface area (Å²) in [6.07, 6.45) is 6.01. The van der Waals surface area contributed by atoms with Gasteiger partial charge in [0.1, 0.15) is 25.4 Å². The molecular weight excluding hydrogens is 394 g/mol. The monoisotopic (exact) mass is 425 g/mol. The fourth-order valence-electron chi connectivity index (χ4n) is 4.53. The molecule has 0 aromatic heterocycles. The predicted molar refractivity (Wildman–Crippen MR) is 118 cm³/mol. The summed E-state index contributed by atoms with van der Waals surface area (Å²) in [5, 5.41) is 13.4. The Morgan fingerprint density at radius 2 is 1.74 bits per heavy atom. The summed E-state index contributed by atoms with van der Waals surface area (Å²) in [7, 11) is 4.17. The van der Waals surface area contributed by atoms with Gasteiger partial charge in [-0.05, 0) is 12.0 Å². The number of carbonyl (C=O) groups is 2. The van der Waals surface area contributed by atoms with Gasteiger partial charge in [-0.25, -0.2) is 0 Å². The van der Waals surface area contributed by atoms with Crippen LogP contribution in [0, 0.1) is 0 Å². The van der Waals surface area contributed by atoms with E-state index in [4.69, 9.17) is 0 Å². The van der Waals surface area contributed by atoms with Crippen molar-refractivity contribution in [3.05, 3.63) is 47.2 Å². The van der Waals surface area contributed by atoms with Crippen LogP contribution in [0.5, 0.6) is 0 Å². The van der Waals surface area contributed by atoms with Crippen LogP contribution in [0.25, 0.3) is 0 Å². The third kappa shape index (κ3) is 4.54. The molecule has 0 aliphatic carbocycles. The van der Waals surface area contributed by atoms with Crippen molar-refractivity contribution in [1.82, 2.24) is 15.1 Å². The topological polar surface area (TPSA) is 78.9 Å². The molecule has 4 rings (SSSR count). The van der Waals surface area contributed by atoms with Crippen LogP contribution in [-0.2, 0) is 16.0 Å². The number of piperazine rings is 1. The van der Waals surface area contributed by atoms with Gasteiger partial charge in [-0.15, -0.1) is 0 Å². The van der Waals surface area contributed by atoms with Gasteiger partial charge in [-0.3, -0.25) is 14.5 Å². The maximum Gasteiger partial charge on any atom is 0.343 e. The molecule has 31 heavy (non-hydrogen) atoms. The number of carbonyl (C=O) groups excluding carboxylic acids is 2. The summed E-state index contributed by atoms with van der Waals surface area (Å²) in [6, 6.07) is 9.08. The summed E-state index contributed by atoms with van der Waals surface area (Å²) in [5.74, 6) is -0.989. The highest BCUT2D eigenvalue weighted by atomic mass is 16.3. The second-order valence-corrected chi connectivity index (χ2v) is 8.51. The van der Waals surface area contributed by atoms with Crippen molar-refractivity contribution in [3.8, 4) is 0 Å². The van der Waals surface area contributed by atoms with Gasteiger partial charge in [0.25, 0.3) is 11.8 Å². The van der Waals surface area contributed by atoms with Crippen molar-refractivity contribution in [3.63, 3.8) is 0 Å². The van der Waals surface area contributed by atoms with E-state index < -0.39 is 11.9 Å². The van der Waals surface area contributed by atoms with Crippen LogP contribution in [0.15, 0.2) is 41.7 Å². The zero-order valence-electron chi connectivity index (χ0n) is 18.2. The number of aliphatic hydroxyl groups excluding tert-OH is 1. The molecular formula is C23H31N5O3+2. The largest absolute Gasteiger partial charge is 0.509 e. The molecule has 1 unspecified atom stereocenters. The molecule has 1 aromatic rings. The second-order valence-electron chi connectivity index (χ2n) is 8.51. The van der Waals surface area contributed by atoms with Crippen LogP contribution in [0.3, 0.4) is 0 Å². The fourth-order valence-corrected chi connectivity index (χ4v) is 4.53. The SMILES string of the molecule is C[N+]1=CC=[N+](C)C1CCN1CCN(C(=O)C2=C(O)C(Cc3ccccc3)NC2=O)CC1. The third-order valence-corrected chi connectivity index (χ3v) is 6.46. The number of hydrogen-bond acceptors (Lipinski definition) is 4. The first kappa shape index (κ1) is 21.2. The van der Waals surface area contributed by atoms with E-state index in [1.54, 1.807) is 4.90 Å². The van der Waals surface area contributed by atoms with Crippen LogP contribution >= 0.6 is 0 Å². The van der Waals surface area contributed by atoms with E-state index in [9.17, 15) is 14.7 Å². The normalized spacial score (nSPS) is 22.6. The van der Waals surface area contributed by atoms with E-state index in [0.717, 1.165) is 31.6 Å². The van der Waals surface area contributed by atoms with Crippen LogP contribution in [0.4, 0.5) is 0 Å². The standard InChI is InChI=1S/C23H29N5O3/c1-25-10-11-26(2)19(25)8-9-27-12-14-28(15-13-27)23(31)20-21(29)18(24-22(20)30)16-17-6-4-3-5-7-17/h3-7,10-11,18-19H,8-9,12-16H2,1-2H3/p+2. The van der Waals surface area contributed by atoms with Gasteiger partial charge in [-0.1, -0.05) is 30.3 Å². The Hall–Kier alpha value is -3.00. The minimum Gasteiger partial charge on any atom is -0.509 e. The maximum absolute atomic E-state index is 13.0. The molecule has 0 radical (unpaired) electrons. The molecule has 0 saturated carbocycles. The molecule has 3 heterocycles. The average molecular weight is 426 g/mol. The van der Waals surface area contributed by atoms with Crippen molar-refractivity contribution < 1.29 is 23.8 Å². The van der Waals surface area contributed by atoms with Gasteiger partial charge in [0.05, 0.1) is 12.5 Å². The molecule has 1 aromatic carbocycles. The second kappa shape index (κ2) is 9.01. The van der Waals surface area contributed by atoms with Crippen molar-refractivity contribution in [1.29, 1.82) is 0 Å². The zero-order chi connectivity index (χ0) is 22.0. The molecule has 1 saturated heterocycles. The zero-order valence-corrected chi connectivity index (χ0v) is 18.2. The molecule has 8 heteroatoms. The number of rotatable bonds is 6. The molecule has 1 atom stereocenters. The number of hydrogen-bond donors (Lipinski definition) is 2. The first-order valence-corrected chi connectivity index (χ1v) is 10.9. The lowest BCUT2D eigenvalue weighted by molar-refractivity contribution is -0.739. The fraction of sp³-hybridized carbons (Fsp3) is 0.478. The van der Waals surface area contributed by atoms with Crippen LogP contribution < -0.4 is 5.32 Å². The molecule has 1 fully saturated rings. The van der Waals surface area contributed by atoms with Gasteiger partial charge < -0.3 is 15.3 Å². The Bertz CT molecular complexity index is 927. The lowest BCUT2D eigenvalue weighted by atomic mass is 10.0. The lowest BCUT2D eigenvalue weighted by Gasteiger charge is -2.34. The average Bonchev–Trinajstić information content (AvgIpc) is 3.24. The van der Waals surface area contributed by atoms with Gasteiger partial charge in [0, 0.05) is 32.7 Å². The molecule has 0 spiro atoms. The van der Waals surface area contributed by atoms with E-state index in [-0.39, 0.29) is 17.2 Å². The summed E-state index contributed by atoms with van der Waals surface area (Å²) < 4.78 is 4.42. The smallest absolute Gasteiger partial charge is 0.343 e. The van der Waals surface area contributed by atoms with Gasteiger partial charge in [0.15, 0.2) is 0 Å². The van der Waals surface area contributed by atoms with E-state index in [0.29, 0.717) is 25.7 Å². The van der Waals surface area contributed by atoms with E-state index in [1.165, 1.54) is 0 Å². The minimum atomic E-state index is -0.552. The first-order chi connectivity index (χ1) is 14.9. The van der Waals surface area contributed by atoms with Crippen molar-refractivity contribution in [2.24, 2.45) is 0 Å². The van der Waals surface area contributed by atoms with Crippen LogP contribution in [0.2, 0.25) is 0 Å². The highest BCUT2D eigenvalue weighted by molar-refractivity contribution is 6.20. The summed E-state index contributed by atoms with van der Waals surface area (Å²) in [5.41, 5.74) is 0.894. The molecule has 3 aliphatic rings. The quantitative estimate of drug-likeness (QED) is 0.491. The van der Waals surface area contributed by atoms with E-state index in [1.807, 2.05) is 30.3 Å². The summed E-state index contributed by atoms with van der Waals surface area (Å²) in [6.45, 7) is 3.60. The number of benzene rings is 1. The number of nitrogens with one attached hydrogen (secondary N) is 1. The Labute approximate surface area is 182 Å². The summed E-state index contributed by atoms with van der Waals surface area (Å²) >= 11 is 0. The Kier molecular flexibility index (Phi) is 6.18. The van der Waals surface area contributed by atoms with E-state index >= 15 is 0 Å². The Balaban J connectivity index is 1.32. The number of nitrogens with zero attached hydrogens (tertiary/aromatic N) is 4. The van der Waals surface area contributed by atoms with Gasteiger partial charge in [-0.2, -0.15) is 9.15 Å². The summed E-state index contributed by atoms with van der Waals surface area (Å²) in [4.78, 5) is 29.5. The van der Waals surface area contributed by atoms with Crippen molar-refractivity contribution in [2.45, 2.75) is 25.0 Å². The highest BCUT2D eigenvalue weighted by Gasteiger charge is 2.39. The van der Waals surface area contributed by atoms with Gasteiger partial charge >= 0.3 is 6.17 Å². The number of aliphatic hydroxyl groups is 1. The van der Waals surface area contributed by atoms with Crippen molar-refractivity contribution >= 4 is 24.2 Å². The maximum atomic E-state index is 13.0. The van der Waals surface area contributed by atoms with Gasteiger partial charge in [0.2, 0.25) is 12.4 Å². The molecule has 2 amide bonds. The highest BCUT2D eigenvalue weighted by Crippen LogP contribution is 2.21. The third-order valence-electron chi connectivity index (χ3n) is 6.46. The van der Waals surface area contributed by atoms with Crippen LogP contribution in [-0.4, -0.2) is 107 Å². The predicted octanol–water partition coefficient (Wildman–Crippen LogP) is -0.160. The molecule has 8 nitrogen and oxygen atoms in total. The first-order valence-electron chi connectivity index (χ1n) is 10.9.